The van der Waals surface area contributed by atoms with Crippen molar-refractivity contribution in [3.63, 3.8) is 0 Å². The summed E-state index contributed by atoms with van der Waals surface area (Å²) in [5, 5.41) is 22.2. The minimum atomic E-state index is -0.964. The fourth-order valence-electron chi connectivity index (χ4n) is 7.43. The van der Waals surface area contributed by atoms with Crippen LogP contribution in [0.1, 0.15) is 104 Å². The molecule has 2 aliphatic heterocycles. The van der Waals surface area contributed by atoms with Crippen LogP contribution in [0.4, 0.5) is 0 Å². The van der Waals surface area contributed by atoms with Crippen LogP contribution in [0, 0.1) is 23.7 Å². The molecule has 1 aromatic heterocycles. The number of carbonyl (C=O) groups excluding carboxylic acids is 6. The number of rotatable bonds is 18. The van der Waals surface area contributed by atoms with Crippen molar-refractivity contribution in [2.24, 2.45) is 23.7 Å². The monoisotopic (exact) mass is 735 g/mol. The lowest BCUT2D eigenvalue weighted by Gasteiger charge is -2.37. The Bertz CT molecular complexity index is 1570. The summed E-state index contributed by atoms with van der Waals surface area (Å²) < 4.78 is 0. The number of ketones is 1. The zero-order valence-corrected chi connectivity index (χ0v) is 32.1. The Hall–Kier alpha value is -4.69. The molecule has 2 fully saturated rings. The van der Waals surface area contributed by atoms with Gasteiger partial charge in [0.15, 0.2) is 0 Å². The van der Waals surface area contributed by atoms with Crippen LogP contribution in [0.5, 0.6) is 0 Å². The van der Waals surface area contributed by atoms with E-state index in [0.717, 1.165) is 5.56 Å². The number of tetrazole rings is 1. The van der Waals surface area contributed by atoms with Gasteiger partial charge in [0.2, 0.25) is 29.4 Å². The average molecular weight is 736 g/mol. The topological polar surface area (TPSA) is 199 Å². The van der Waals surface area contributed by atoms with Gasteiger partial charge in [0.25, 0.3) is 5.91 Å². The molecule has 290 valence electrons. The van der Waals surface area contributed by atoms with Gasteiger partial charge in [-0.05, 0) is 72.3 Å². The number of Topliss-reactive ketones (excluding diaryl/α,β-unsaturated/α-hetero) is 1. The minimum absolute atomic E-state index is 0.00580. The molecular formula is C38H57N9O6. The highest BCUT2D eigenvalue weighted by molar-refractivity contribution is 6.38. The quantitative estimate of drug-likeness (QED) is 0.131. The number of hydrogen-bond donors (Lipinski definition) is 4. The molecule has 0 aliphatic carbocycles. The number of hydrogen-bond acceptors (Lipinski definition) is 9. The number of amides is 5. The van der Waals surface area contributed by atoms with E-state index in [4.69, 9.17) is 0 Å². The van der Waals surface area contributed by atoms with Gasteiger partial charge in [0, 0.05) is 25.9 Å². The lowest BCUT2D eigenvalue weighted by molar-refractivity contribution is -0.152. The fourth-order valence-corrected chi connectivity index (χ4v) is 7.43. The maximum Gasteiger partial charge on any atom is 0.290 e. The molecule has 3 heterocycles. The average Bonchev–Trinajstić information content (AvgIpc) is 3.74. The van der Waals surface area contributed by atoms with Crippen molar-refractivity contribution in [3.05, 3.63) is 41.7 Å². The van der Waals surface area contributed by atoms with Crippen molar-refractivity contribution in [3.8, 4) is 0 Å². The first kappa shape index (κ1) is 41.1. The van der Waals surface area contributed by atoms with E-state index in [2.05, 4.69) is 36.6 Å². The summed E-state index contributed by atoms with van der Waals surface area (Å²) in [6.07, 6.45) is 3.53. The Balaban J connectivity index is 1.44. The third-order valence-electron chi connectivity index (χ3n) is 10.6. The summed E-state index contributed by atoms with van der Waals surface area (Å²) in [5.74, 6) is -3.05. The molecule has 53 heavy (non-hydrogen) atoms. The van der Waals surface area contributed by atoms with Gasteiger partial charge in [-0.25, -0.2) is 5.10 Å². The van der Waals surface area contributed by atoms with Crippen LogP contribution in [0.3, 0.4) is 0 Å². The third-order valence-corrected chi connectivity index (χ3v) is 10.6. The van der Waals surface area contributed by atoms with Gasteiger partial charge in [-0.1, -0.05) is 78.3 Å². The smallest absolute Gasteiger partial charge is 0.290 e. The molecule has 1 aromatic carbocycles. The molecule has 0 saturated carbocycles. The SMILES string of the molecule is CCCC(C(=O)C(=O)N[C@H](C)c1ccccc1)N1CC[C@H]2CN(C(=O)[C@@H](NC(=O)[C@H](NC(=O)CCCCc3nnn[nH]3)C(C)C)C(C)C)[C@H](C1=O)[C@H]2C. The summed E-state index contributed by atoms with van der Waals surface area (Å²) in [6, 6.07) is 5.30. The van der Waals surface area contributed by atoms with E-state index < -0.39 is 47.8 Å². The third kappa shape index (κ3) is 10.3. The number of nitrogens with zero attached hydrogens (tertiary/aromatic N) is 5. The van der Waals surface area contributed by atoms with E-state index >= 15 is 0 Å². The summed E-state index contributed by atoms with van der Waals surface area (Å²) in [5.41, 5.74) is 0.856. The molecule has 4 N–H and O–H groups in total. The summed E-state index contributed by atoms with van der Waals surface area (Å²) in [7, 11) is 0. The minimum Gasteiger partial charge on any atom is -0.344 e. The molecule has 2 aromatic rings. The molecule has 1 unspecified atom stereocenters. The lowest BCUT2D eigenvalue weighted by Crippen LogP contribution is -2.61. The predicted molar refractivity (Wildman–Crippen MR) is 196 cm³/mol. The highest BCUT2D eigenvalue weighted by Crippen LogP contribution is 2.38. The highest BCUT2D eigenvalue weighted by Gasteiger charge is 2.52. The standard InChI is InChI=1S/C38H57N9O6/c1-8-14-28(34(49)36(51)39-25(7)26-15-10-9-11-16-26)46-20-19-27-21-47(33(24(27)6)38(46)53)37(52)32(23(4)5)41-35(50)31(22(2)3)40-30(48)18-13-12-17-29-42-44-45-43-29/h9-11,15-16,22-25,27-28,31-33H,8,12-14,17-21H2,1-7H3,(H,39,51)(H,40,48)(H,41,50)(H,42,43,44,45)/t24-,25+,27-,28?,31+,32-,33-/m0/s1. The largest absolute Gasteiger partial charge is 0.344 e. The predicted octanol–water partition coefficient (Wildman–Crippen LogP) is 2.50. The fraction of sp³-hybridized carbons (Fsp3) is 0.658. The van der Waals surface area contributed by atoms with Crippen molar-refractivity contribution in [2.45, 2.75) is 124 Å². The normalized spacial score (nSPS) is 20.8. The van der Waals surface area contributed by atoms with Crippen LogP contribution in [0.2, 0.25) is 0 Å². The highest BCUT2D eigenvalue weighted by atomic mass is 16.2. The summed E-state index contributed by atoms with van der Waals surface area (Å²) in [4.78, 5) is 85.4. The van der Waals surface area contributed by atoms with Crippen LogP contribution in [0.15, 0.2) is 30.3 Å². The molecule has 4 rings (SSSR count). The van der Waals surface area contributed by atoms with Crippen LogP contribution in [0.25, 0.3) is 0 Å². The van der Waals surface area contributed by atoms with Gasteiger partial charge in [0.1, 0.15) is 30.0 Å². The maximum absolute atomic E-state index is 14.4. The van der Waals surface area contributed by atoms with E-state index in [1.54, 1.807) is 11.8 Å². The maximum atomic E-state index is 14.4. The molecular weight excluding hydrogens is 678 g/mol. The number of fused-ring (bicyclic) bond motifs is 2. The van der Waals surface area contributed by atoms with Gasteiger partial charge in [0.05, 0.1) is 6.04 Å². The van der Waals surface area contributed by atoms with E-state index in [0.29, 0.717) is 57.4 Å². The van der Waals surface area contributed by atoms with Gasteiger partial charge >= 0.3 is 0 Å². The Morgan fingerprint density at radius 3 is 2.26 bits per heavy atom. The molecule has 0 spiro atoms. The van der Waals surface area contributed by atoms with Gasteiger partial charge in [-0.2, -0.15) is 0 Å². The Labute approximate surface area is 312 Å². The number of nitrogens with one attached hydrogen (secondary N) is 4. The Kier molecular flexibility index (Phi) is 14.6. The molecule has 15 nitrogen and oxygen atoms in total. The van der Waals surface area contributed by atoms with Crippen LogP contribution in [-0.4, -0.2) is 103 Å². The van der Waals surface area contributed by atoms with Gasteiger partial charge in [-0.15, -0.1) is 5.10 Å². The van der Waals surface area contributed by atoms with Crippen molar-refractivity contribution in [1.29, 1.82) is 0 Å². The molecule has 5 amide bonds. The van der Waals surface area contributed by atoms with Crippen molar-refractivity contribution in [2.75, 3.05) is 13.1 Å². The van der Waals surface area contributed by atoms with E-state index in [-0.39, 0.29) is 47.8 Å². The number of carbonyl (C=O) groups is 6. The first-order valence-electron chi connectivity index (χ1n) is 19.1. The van der Waals surface area contributed by atoms with Crippen molar-refractivity contribution in [1.82, 2.24) is 46.4 Å². The van der Waals surface area contributed by atoms with Gasteiger partial charge in [-0.3, -0.25) is 28.8 Å². The zero-order valence-electron chi connectivity index (χ0n) is 32.1. The summed E-state index contributed by atoms with van der Waals surface area (Å²) >= 11 is 0. The number of H-pyrrole nitrogens is 1. The van der Waals surface area contributed by atoms with E-state index in [9.17, 15) is 28.8 Å². The second-order valence-electron chi connectivity index (χ2n) is 15.2. The number of benzene rings is 1. The molecule has 0 radical (unpaired) electrons. The van der Waals surface area contributed by atoms with Crippen LogP contribution in [-0.2, 0) is 35.2 Å². The Morgan fingerprint density at radius 2 is 1.64 bits per heavy atom. The second kappa shape index (κ2) is 18.9. The number of likely N-dealkylation sites (tertiary alicyclic amines) is 2. The lowest BCUT2D eigenvalue weighted by atomic mass is 9.91. The molecule has 7 atom stereocenters. The van der Waals surface area contributed by atoms with Crippen molar-refractivity contribution < 1.29 is 28.8 Å². The number of unbranched alkanes of at least 4 members (excludes halogenated alkanes) is 1. The number of aromatic nitrogens is 4. The first-order valence-corrected chi connectivity index (χ1v) is 19.1. The number of aryl methyl sites for hydroxylation is 1. The second-order valence-corrected chi connectivity index (χ2v) is 15.2. The molecule has 2 saturated heterocycles. The van der Waals surface area contributed by atoms with Crippen molar-refractivity contribution >= 4 is 35.3 Å². The summed E-state index contributed by atoms with van der Waals surface area (Å²) in [6.45, 7) is 13.6. The molecule has 2 bridgehead atoms. The first-order chi connectivity index (χ1) is 25.2. The van der Waals surface area contributed by atoms with E-state index in [1.165, 1.54) is 4.90 Å². The number of aromatic amines is 1. The Morgan fingerprint density at radius 1 is 0.943 bits per heavy atom. The van der Waals surface area contributed by atoms with Crippen LogP contribution >= 0.6 is 0 Å². The molecule has 15 heteroatoms. The molecule has 2 aliphatic rings. The van der Waals surface area contributed by atoms with Gasteiger partial charge < -0.3 is 25.8 Å². The van der Waals surface area contributed by atoms with E-state index in [1.807, 2.05) is 71.9 Å². The zero-order chi connectivity index (χ0) is 38.8. The van der Waals surface area contributed by atoms with Crippen LogP contribution < -0.4 is 16.0 Å².